The molecule has 0 saturated heterocycles. The van der Waals surface area contributed by atoms with Crippen LogP contribution < -0.4 is 5.06 Å². The second kappa shape index (κ2) is 5.55. The predicted octanol–water partition coefficient (Wildman–Crippen LogP) is 3.13. The molecule has 0 amide bonds. The van der Waals surface area contributed by atoms with Crippen molar-refractivity contribution in [3.63, 3.8) is 0 Å². The van der Waals surface area contributed by atoms with Gasteiger partial charge in [0.05, 0.1) is 0 Å². The largest absolute Gasteiger partial charge is 0.629 e. The third-order valence-corrected chi connectivity index (χ3v) is 3.55. The fourth-order valence-electron chi connectivity index (χ4n) is 2.49. The molecule has 100 valence electrons. The summed E-state index contributed by atoms with van der Waals surface area (Å²) in [5.74, 6) is 0. The fraction of sp³-hybridized carbons (Fsp3) is 0.294. The number of hydrogen-bond acceptors (Lipinski definition) is 1. The molecule has 2 rings (SSSR count). The van der Waals surface area contributed by atoms with Gasteiger partial charge < -0.3 is 10.3 Å². The van der Waals surface area contributed by atoms with Crippen LogP contribution in [0.25, 0.3) is 0 Å². The Kier molecular flexibility index (Phi) is 4.03. The van der Waals surface area contributed by atoms with Crippen molar-refractivity contribution >= 4 is 5.69 Å². The van der Waals surface area contributed by atoms with Crippen LogP contribution in [0, 0.1) is 32.9 Å². The maximum Gasteiger partial charge on any atom is 0.131 e. The summed E-state index contributed by atoms with van der Waals surface area (Å²) in [6, 6.07) is 12.1. The van der Waals surface area contributed by atoms with Gasteiger partial charge in [0.25, 0.3) is 0 Å². The molecule has 0 aromatic heterocycles. The van der Waals surface area contributed by atoms with Crippen molar-refractivity contribution in [3.8, 4) is 0 Å². The third-order valence-electron chi connectivity index (χ3n) is 3.55. The molecule has 0 radical (unpaired) electrons. The highest BCUT2D eigenvalue weighted by Gasteiger charge is 2.09. The summed E-state index contributed by atoms with van der Waals surface area (Å²) in [7, 11) is 0. The van der Waals surface area contributed by atoms with Crippen LogP contribution in [0.15, 0.2) is 36.4 Å². The summed E-state index contributed by atoms with van der Waals surface area (Å²) >= 11 is 0. The Labute approximate surface area is 115 Å². The lowest BCUT2D eigenvalue weighted by Gasteiger charge is -2.24. The van der Waals surface area contributed by atoms with Gasteiger partial charge in [-0.2, -0.15) is 0 Å². The summed E-state index contributed by atoms with van der Waals surface area (Å²) in [4.78, 5) is 0. The summed E-state index contributed by atoms with van der Waals surface area (Å²) in [5.41, 5.74) is 6.80. The molecule has 0 aliphatic carbocycles. The van der Waals surface area contributed by atoms with E-state index in [0.717, 1.165) is 11.3 Å². The highest BCUT2D eigenvalue weighted by Crippen LogP contribution is 2.16. The zero-order valence-electron chi connectivity index (χ0n) is 12.1. The maximum atomic E-state index is 12.3. The van der Waals surface area contributed by atoms with Crippen molar-refractivity contribution in [2.24, 2.45) is 0 Å². The van der Waals surface area contributed by atoms with Crippen molar-refractivity contribution in [1.82, 2.24) is 0 Å². The number of rotatable bonds is 3. The molecule has 0 heterocycles. The van der Waals surface area contributed by atoms with Crippen LogP contribution in [-0.4, -0.2) is 0 Å². The Bertz CT molecular complexity index is 549. The van der Waals surface area contributed by atoms with E-state index in [1.165, 1.54) is 22.3 Å². The first-order chi connectivity index (χ1) is 8.97. The quantitative estimate of drug-likeness (QED) is 0.838. The van der Waals surface area contributed by atoms with E-state index in [9.17, 15) is 5.21 Å². The molecule has 0 fully saturated rings. The second-order valence-electron chi connectivity index (χ2n) is 5.34. The number of nitrogens with one attached hydrogen (secondary N) is 1. The van der Waals surface area contributed by atoms with Gasteiger partial charge in [0.1, 0.15) is 12.2 Å². The molecule has 19 heavy (non-hydrogen) atoms. The molecular formula is C17H21NO. The van der Waals surface area contributed by atoms with E-state index in [2.05, 4.69) is 32.9 Å². The topological polar surface area (TPSA) is 27.5 Å². The van der Waals surface area contributed by atoms with E-state index in [1.807, 2.05) is 31.2 Å². The molecule has 1 N–H and O–H groups in total. The van der Waals surface area contributed by atoms with E-state index < -0.39 is 0 Å². The monoisotopic (exact) mass is 255 g/mol. The molecule has 2 heteroatoms. The second-order valence-corrected chi connectivity index (χ2v) is 5.34. The lowest BCUT2D eigenvalue weighted by atomic mass is 9.99. The van der Waals surface area contributed by atoms with Gasteiger partial charge in [-0.15, -0.1) is 0 Å². The van der Waals surface area contributed by atoms with Crippen molar-refractivity contribution in [3.05, 3.63) is 69.4 Å². The molecule has 0 aliphatic heterocycles. The fourth-order valence-corrected chi connectivity index (χ4v) is 2.49. The van der Waals surface area contributed by atoms with Crippen molar-refractivity contribution in [2.45, 2.75) is 34.2 Å². The van der Waals surface area contributed by atoms with E-state index in [0.29, 0.717) is 6.54 Å². The normalized spacial score (nSPS) is 12.5. The van der Waals surface area contributed by atoms with E-state index in [4.69, 9.17) is 0 Å². The molecule has 0 bridgehead atoms. The van der Waals surface area contributed by atoms with Crippen molar-refractivity contribution < 1.29 is 5.06 Å². The van der Waals surface area contributed by atoms with Gasteiger partial charge in [-0.25, -0.2) is 0 Å². The van der Waals surface area contributed by atoms with E-state index >= 15 is 0 Å². The number of hydrogen-bond donors (Lipinski definition) is 1. The molecular weight excluding hydrogens is 234 g/mol. The minimum Gasteiger partial charge on any atom is -0.629 e. The van der Waals surface area contributed by atoms with Crippen LogP contribution in [0.4, 0.5) is 5.69 Å². The number of quaternary nitrogens is 1. The first kappa shape index (κ1) is 13.8. The van der Waals surface area contributed by atoms with Gasteiger partial charge >= 0.3 is 0 Å². The highest BCUT2D eigenvalue weighted by molar-refractivity contribution is 5.38. The third kappa shape index (κ3) is 3.22. The zero-order valence-corrected chi connectivity index (χ0v) is 12.1. The Hall–Kier alpha value is -1.64. The molecule has 1 unspecified atom stereocenters. The summed E-state index contributed by atoms with van der Waals surface area (Å²) in [6.07, 6.45) is 0. The van der Waals surface area contributed by atoms with E-state index in [-0.39, 0.29) is 5.06 Å². The van der Waals surface area contributed by atoms with Gasteiger partial charge in [-0.3, -0.25) is 0 Å². The Morgan fingerprint density at radius 3 is 1.89 bits per heavy atom. The standard InChI is InChI=1S/C17H21NO/c1-12-5-7-16(8-6-12)18(19)11-17-14(3)9-13(2)10-15(17)4/h5-10,18H,11H2,1-4H3. The summed E-state index contributed by atoms with van der Waals surface area (Å²) < 4.78 is 0. The SMILES string of the molecule is Cc1ccc([NH+]([O-])Cc2c(C)cc(C)cc2C)cc1. The lowest BCUT2D eigenvalue weighted by Crippen LogP contribution is -3.00. The Morgan fingerprint density at radius 1 is 0.842 bits per heavy atom. The van der Waals surface area contributed by atoms with Gasteiger partial charge in [0.15, 0.2) is 0 Å². The van der Waals surface area contributed by atoms with Gasteiger partial charge in [0.2, 0.25) is 0 Å². The maximum absolute atomic E-state index is 12.3. The van der Waals surface area contributed by atoms with Crippen LogP contribution >= 0.6 is 0 Å². The Balaban J connectivity index is 2.24. The predicted molar refractivity (Wildman–Crippen MR) is 79.5 cm³/mol. The molecule has 1 atom stereocenters. The first-order valence-corrected chi connectivity index (χ1v) is 6.64. The molecule has 0 aliphatic rings. The molecule has 0 spiro atoms. The van der Waals surface area contributed by atoms with Gasteiger partial charge in [-0.05, 0) is 51.0 Å². The average molecular weight is 255 g/mol. The molecule has 2 aromatic rings. The van der Waals surface area contributed by atoms with Crippen molar-refractivity contribution in [1.29, 1.82) is 0 Å². The summed E-state index contributed by atoms with van der Waals surface area (Å²) in [5, 5.41) is 12.5. The van der Waals surface area contributed by atoms with Crippen LogP contribution in [0.1, 0.15) is 27.8 Å². The smallest absolute Gasteiger partial charge is 0.131 e. The number of benzene rings is 2. The average Bonchev–Trinajstić information content (AvgIpc) is 2.34. The van der Waals surface area contributed by atoms with E-state index in [1.54, 1.807) is 0 Å². The van der Waals surface area contributed by atoms with Crippen molar-refractivity contribution in [2.75, 3.05) is 0 Å². The minimum absolute atomic E-state index is 0.190. The first-order valence-electron chi connectivity index (χ1n) is 6.64. The minimum atomic E-state index is 0.190. The summed E-state index contributed by atoms with van der Waals surface area (Å²) in [6.45, 7) is 8.77. The van der Waals surface area contributed by atoms with Crippen LogP contribution in [0.2, 0.25) is 0 Å². The molecule has 0 saturated carbocycles. The highest BCUT2D eigenvalue weighted by atomic mass is 16.5. The van der Waals surface area contributed by atoms with Crippen LogP contribution in [0.3, 0.4) is 0 Å². The number of hydroxylamine groups is 1. The Morgan fingerprint density at radius 2 is 1.37 bits per heavy atom. The molecule has 2 nitrogen and oxygen atoms in total. The zero-order chi connectivity index (χ0) is 14.0. The van der Waals surface area contributed by atoms with Crippen LogP contribution in [-0.2, 0) is 6.54 Å². The van der Waals surface area contributed by atoms with Gasteiger partial charge in [0, 0.05) is 5.56 Å². The van der Waals surface area contributed by atoms with Gasteiger partial charge in [-0.1, -0.05) is 35.4 Å². The number of aryl methyl sites for hydroxylation is 4. The van der Waals surface area contributed by atoms with Crippen LogP contribution in [0.5, 0.6) is 0 Å². The lowest BCUT2D eigenvalue weighted by molar-refractivity contribution is -0.791. The molecule has 2 aromatic carbocycles.